The zero-order chi connectivity index (χ0) is 20.4. The summed E-state index contributed by atoms with van der Waals surface area (Å²) >= 11 is 0. The number of hydrogen-bond donors (Lipinski definition) is 0. The second kappa shape index (κ2) is 8.24. The van der Waals surface area contributed by atoms with Crippen molar-refractivity contribution in [3.63, 3.8) is 0 Å². The number of ketones is 1. The number of hydrogen-bond acceptors (Lipinski definition) is 6. The van der Waals surface area contributed by atoms with Crippen molar-refractivity contribution in [2.75, 3.05) is 18.1 Å². The van der Waals surface area contributed by atoms with Crippen molar-refractivity contribution in [3.8, 4) is 0 Å². The molecule has 1 aromatic rings. The first kappa shape index (κ1) is 21.1. The van der Waals surface area contributed by atoms with E-state index in [1.54, 1.807) is 7.05 Å². The maximum absolute atomic E-state index is 12.7. The van der Waals surface area contributed by atoms with Crippen LogP contribution in [0.25, 0.3) is 0 Å². The number of rotatable bonds is 7. The predicted molar refractivity (Wildman–Crippen MR) is 99.4 cm³/mol. The summed E-state index contributed by atoms with van der Waals surface area (Å²) in [6.45, 7) is 4.68. The Balaban J connectivity index is 2.07. The number of aryl methyl sites for hydroxylation is 1. The average molecular weight is 398 g/mol. The maximum Gasteiger partial charge on any atom is 0.355 e. The minimum absolute atomic E-state index is 0.0587. The molecule has 0 saturated carbocycles. The van der Waals surface area contributed by atoms with Crippen LogP contribution in [-0.2, 0) is 26.4 Å². The summed E-state index contributed by atoms with van der Waals surface area (Å²) in [4.78, 5) is 37.9. The number of amides is 1. The Kier molecular flexibility index (Phi) is 6.46. The zero-order valence-corrected chi connectivity index (χ0v) is 16.9. The molecule has 0 N–H and O–H groups in total. The molecule has 1 saturated heterocycles. The molecule has 1 aliphatic rings. The summed E-state index contributed by atoms with van der Waals surface area (Å²) in [6.07, 6.45) is 2.58. The zero-order valence-electron chi connectivity index (χ0n) is 16.1. The van der Waals surface area contributed by atoms with Gasteiger partial charge in [0.1, 0.15) is 5.69 Å². The van der Waals surface area contributed by atoms with E-state index < -0.39 is 34.4 Å². The van der Waals surface area contributed by atoms with Gasteiger partial charge in [0.15, 0.2) is 22.2 Å². The Bertz CT molecular complexity index is 842. The lowest BCUT2D eigenvalue weighted by Crippen LogP contribution is -2.48. The molecule has 0 bridgehead atoms. The molecule has 2 heterocycles. The van der Waals surface area contributed by atoms with Crippen LogP contribution in [0.3, 0.4) is 0 Å². The van der Waals surface area contributed by atoms with Crippen LogP contribution in [0.2, 0.25) is 0 Å². The standard InChI is InChI=1S/C18H26N2O6S/c1-5-12(2)20(15-6-7-27(24,25)11-15)17(22)10-26-18(23)16-8-14(13(3)21)9-19(16)4/h8-9,12,15H,5-7,10-11H2,1-4H3/t12-,15+/m0/s1. The van der Waals surface area contributed by atoms with Crippen LogP contribution in [0.5, 0.6) is 0 Å². The Morgan fingerprint density at radius 1 is 1.37 bits per heavy atom. The highest BCUT2D eigenvalue weighted by atomic mass is 32.2. The van der Waals surface area contributed by atoms with E-state index in [1.807, 2.05) is 13.8 Å². The van der Waals surface area contributed by atoms with E-state index in [2.05, 4.69) is 0 Å². The minimum atomic E-state index is -3.14. The number of sulfone groups is 1. The monoisotopic (exact) mass is 398 g/mol. The van der Waals surface area contributed by atoms with Crippen molar-refractivity contribution in [2.45, 2.75) is 45.7 Å². The van der Waals surface area contributed by atoms with E-state index in [-0.39, 0.29) is 29.0 Å². The number of esters is 1. The number of Topliss-reactive ketones (excluding diaryl/α,β-unsaturated/α-hetero) is 1. The molecule has 0 radical (unpaired) electrons. The van der Waals surface area contributed by atoms with Gasteiger partial charge in [-0.15, -0.1) is 0 Å². The van der Waals surface area contributed by atoms with Gasteiger partial charge in [0.25, 0.3) is 5.91 Å². The average Bonchev–Trinajstić information content (AvgIpc) is 3.15. The van der Waals surface area contributed by atoms with E-state index in [4.69, 9.17) is 4.74 Å². The molecule has 9 heteroatoms. The van der Waals surface area contributed by atoms with E-state index in [0.29, 0.717) is 18.4 Å². The van der Waals surface area contributed by atoms with Crippen LogP contribution in [0, 0.1) is 0 Å². The van der Waals surface area contributed by atoms with Crippen molar-refractivity contribution < 1.29 is 27.5 Å². The SMILES string of the molecule is CC[C@H](C)N(C(=O)COC(=O)c1cc(C(C)=O)cn1C)[C@@H]1CCS(=O)(=O)C1. The van der Waals surface area contributed by atoms with Crippen LogP contribution < -0.4 is 0 Å². The molecule has 0 aliphatic carbocycles. The summed E-state index contributed by atoms with van der Waals surface area (Å²) in [7, 11) is -1.53. The van der Waals surface area contributed by atoms with Gasteiger partial charge in [-0.3, -0.25) is 9.59 Å². The van der Waals surface area contributed by atoms with Gasteiger partial charge < -0.3 is 14.2 Å². The third kappa shape index (κ3) is 4.97. The second-order valence-corrected chi connectivity index (χ2v) is 9.20. The van der Waals surface area contributed by atoms with Crippen molar-refractivity contribution in [2.24, 2.45) is 7.05 Å². The molecule has 1 amide bonds. The quantitative estimate of drug-likeness (QED) is 0.505. The number of carbonyl (C=O) groups is 3. The Hall–Kier alpha value is -2.16. The highest BCUT2D eigenvalue weighted by Crippen LogP contribution is 2.21. The minimum Gasteiger partial charge on any atom is -0.451 e. The molecule has 8 nitrogen and oxygen atoms in total. The van der Waals surface area contributed by atoms with E-state index in [9.17, 15) is 22.8 Å². The first-order valence-corrected chi connectivity index (χ1v) is 10.7. The van der Waals surface area contributed by atoms with Gasteiger partial charge in [-0.1, -0.05) is 6.92 Å². The molecule has 27 heavy (non-hydrogen) atoms. The van der Waals surface area contributed by atoms with Gasteiger partial charge in [-0.2, -0.15) is 0 Å². The van der Waals surface area contributed by atoms with Crippen molar-refractivity contribution in [1.82, 2.24) is 9.47 Å². The highest BCUT2D eigenvalue weighted by molar-refractivity contribution is 7.91. The number of aromatic nitrogens is 1. The Morgan fingerprint density at radius 2 is 2.04 bits per heavy atom. The summed E-state index contributed by atoms with van der Waals surface area (Å²) < 4.78 is 30.2. The van der Waals surface area contributed by atoms with Gasteiger partial charge in [0, 0.05) is 30.9 Å². The summed E-state index contributed by atoms with van der Waals surface area (Å²) in [5, 5.41) is 0. The van der Waals surface area contributed by atoms with Crippen LogP contribution in [0.4, 0.5) is 0 Å². The Labute approximate surface area is 159 Å². The molecule has 1 aromatic heterocycles. The van der Waals surface area contributed by atoms with Crippen molar-refractivity contribution in [3.05, 3.63) is 23.5 Å². The first-order chi connectivity index (χ1) is 12.6. The number of carbonyl (C=O) groups excluding carboxylic acids is 3. The Morgan fingerprint density at radius 3 is 2.52 bits per heavy atom. The van der Waals surface area contributed by atoms with Gasteiger partial charge >= 0.3 is 5.97 Å². The second-order valence-electron chi connectivity index (χ2n) is 6.97. The highest BCUT2D eigenvalue weighted by Gasteiger charge is 2.36. The summed E-state index contributed by atoms with van der Waals surface area (Å²) in [6, 6.07) is 0.870. The van der Waals surface area contributed by atoms with Crippen LogP contribution in [0.1, 0.15) is 54.5 Å². The molecule has 1 fully saturated rings. The largest absolute Gasteiger partial charge is 0.451 e. The third-order valence-corrected chi connectivity index (χ3v) is 6.65. The normalized spacial score (nSPS) is 19.5. The molecule has 0 aromatic carbocycles. The van der Waals surface area contributed by atoms with Crippen LogP contribution >= 0.6 is 0 Å². The lowest BCUT2D eigenvalue weighted by Gasteiger charge is -2.33. The van der Waals surface area contributed by atoms with E-state index in [0.717, 1.165) is 0 Å². The number of nitrogens with zero attached hydrogens (tertiary/aromatic N) is 2. The van der Waals surface area contributed by atoms with E-state index in [1.165, 1.54) is 28.7 Å². The fourth-order valence-corrected chi connectivity index (χ4v) is 4.95. The molecular formula is C18H26N2O6S. The molecular weight excluding hydrogens is 372 g/mol. The molecule has 2 rings (SSSR count). The fraction of sp³-hybridized carbons (Fsp3) is 0.611. The first-order valence-electron chi connectivity index (χ1n) is 8.91. The molecule has 0 unspecified atom stereocenters. The van der Waals surface area contributed by atoms with Crippen LogP contribution in [0.15, 0.2) is 12.3 Å². The fourth-order valence-electron chi connectivity index (χ4n) is 3.24. The van der Waals surface area contributed by atoms with Gasteiger partial charge in [0.2, 0.25) is 0 Å². The molecule has 2 atom stereocenters. The van der Waals surface area contributed by atoms with Gasteiger partial charge in [-0.25, -0.2) is 13.2 Å². The van der Waals surface area contributed by atoms with Crippen LogP contribution in [-0.4, -0.2) is 65.7 Å². The van der Waals surface area contributed by atoms with E-state index >= 15 is 0 Å². The molecule has 150 valence electrons. The van der Waals surface area contributed by atoms with Gasteiger partial charge in [-0.05, 0) is 32.8 Å². The lowest BCUT2D eigenvalue weighted by atomic mass is 10.1. The van der Waals surface area contributed by atoms with Gasteiger partial charge in [0.05, 0.1) is 11.5 Å². The summed E-state index contributed by atoms with van der Waals surface area (Å²) in [5.41, 5.74) is 0.555. The maximum atomic E-state index is 12.7. The van der Waals surface area contributed by atoms with Crippen molar-refractivity contribution >= 4 is 27.5 Å². The van der Waals surface area contributed by atoms with Crippen molar-refractivity contribution in [1.29, 1.82) is 0 Å². The smallest absolute Gasteiger partial charge is 0.355 e. The topological polar surface area (TPSA) is 103 Å². The number of ether oxygens (including phenoxy) is 1. The third-order valence-electron chi connectivity index (χ3n) is 4.90. The lowest BCUT2D eigenvalue weighted by molar-refractivity contribution is -0.138. The summed E-state index contributed by atoms with van der Waals surface area (Å²) in [5.74, 6) is -1.29. The molecule has 0 spiro atoms. The predicted octanol–water partition coefficient (Wildman–Crippen LogP) is 1.20. The molecule has 1 aliphatic heterocycles.